The summed E-state index contributed by atoms with van der Waals surface area (Å²) in [6, 6.07) is 6.06. The fraction of sp³-hybridized carbons (Fsp3) is 0.471. The van der Waals surface area contributed by atoms with E-state index in [1.54, 1.807) is 37.3 Å². The van der Waals surface area contributed by atoms with Crippen LogP contribution in [0, 0.1) is 0 Å². The second-order valence-electron chi connectivity index (χ2n) is 5.93. The second kappa shape index (κ2) is 8.03. The Labute approximate surface area is 141 Å². The van der Waals surface area contributed by atoms with Crippen LogP contribution in [-0.2, 0) is 14.4 Å². The fourth-order valence-corrected chi connectivity index (χ4v) is 2.86. The average molecular weight is 332 g/mol. The Morgan fingerprint density at radius 3 is 2.46 bits per heavy atom. The highest BCUT2D eigenvalue weighted by atomic mass is 16.2. The summed E-state index contributed by atoms with van der Waals surface area (Å²) in [5.74, 6) is -1.79. The maximum atomic E-state index is 12.9. The summed E-state index contributed by atoms with van der Waals surface area (Å²) in [4.78, 5) is 38.7. The minimum atomic E-state index is -1.16. The largest absolute Gasteiger partial charge is 0.368 e. The molecule has 1 heterocycles. The van der Waals surface area contributed by atoms with Gasteiger partial charge in [-0.05, 0) is 31.4 Å². The smallest absolute Gasteiger partial charge is 0.247 e. The van der Waals surface area contributed by atoms with Gasteiger partial charge in [0.15, 0.2) is 0 Å². The third-order valence-corrected chi connectivity index (χ3v) is 4.23. The number of hydrogen-bond donors (Lipinski definition) is 3. The maximum absolute atomic E-state index is 12.9. The first-order valence-corrected chi connectivity index (χ1v) is 8.17. The molecule has 130 valence electrons. The lowest BCUT2D eigenvalue weighted by Crippen LogP contribution is -2.55. The predicted octanol–water partition coefficient (Wildman–Crippen LogP) is 0.0575. The third-order valence-electron chi connectivity index (χ3n) is 4.23. The number of amides is 3. The van der Waals surface area contributed by atoms with Crippen LogP contribution >= 0.6 is 0 Å². The molecule has 5 N–H and O–H groups in total. The molecule has 3 amide bonds. The molecule has 0 bridgehead atoms. The lowest BCUT2D eigenvalue weighted by Gasteiger charge is -2.32. The number of hydrogen-bond acceptors (Lipinski definition) is 5. The SMILES string of the molecule is CCC(N)C(=O)N(C(=O)[C@@H]1CCCN1)C(C(N)=O)c1ccccc1. The van der Waals surface area contributed by atoms with E-state index in [1.165, 1.54) is 0 Å². The summed E-state index contributed by atoms with van der Waals surface area (Å²) in [5.41, 5.74) is 11.9. The van der Waals surface area contributed by atoms with E-state index in [1.807, 2.05) is 0 Å². The zero-order chi connectivity index (χ0) is 17.7. The molecule has 7 heteroatoms. The Morgan fingerprint density at radius 2 is 1.96 bits per heavy atom. The van der Waals surface area contributed by atoms with Crippen molar-refractivity contribution < 1.29 is 14.4 Å². The van der Waals surface area contributed by atoms with Gasteiger partial charge in [-0.25, -0.2) is 0 Å². The average Bonchev–Trinajstić information content (AvgIpc) is 3.12. The van der Waals surface area contributed by atoms with Crippen LogP contribution < -0.4 is 16.8 Å². The topological polar surface area (TPSA) is 119 Å². The molecule has 24 heavy (non-hydrogen) atoms. The van der Waals surface area contributed by atoms with E-state index in [9.17, 15) is 14.4 Å². The van der Waals surface area contributed by atoms with Gasteiger partial charge in [-0.3, -0.25) is 19.3 Å². The maximum Gasteiger partial charge on any atom is 0.247 e. The Hall–Kier alpha value is -2.25. The van der Waals surface area contributed by atoms with E-state index in [0.717, 1.165) is 11.3 Å². The molecular formula is C17H24N4O3. The molecule has 7 nitrogen and oxygen atoms in total. The number of nitrogens with zero attached hydrogens (tertiary/aromatic N) is 1. The van der Waals surface area contributed by atoms with Gasteiger partial charge >= 0.3 is 0 Å². The molecule has 1 aliphatic heterocycles. The molecule has 0 aromatic heterocycles. The summed E-state index contributed by atoms with van der Waals surface area (Å²) in [7, 11) is 0. The molecule has 3 atom stereocenters. The van der Waals surface area contributed by atoms with Gasteiger partial charge in [0.2, 0.25) is 17.7 Å². The van der Waals surface area contributed by atoms with Gasteiger partial charge in [0.05, 0.1) is 12.1 Å². The quantitative estimate of drug-likeness (QED) is 0.680. The van der Waals surface area contributed by atoms with Crippen LogP contribution in [0.2, 0.25) is 0 Å². The summed E-state index contributed by atoms with van der Waals surface area (Å²) < 4.78 is 0. The van der Waals surface area contributed by atoms with Crippen LogP contribution in [0.3, 0.4) is 0 Å². The monoisotopic (exact) mass is 332 g/mol. The Kier molecular flexibility index (Phi) is 6.05. The zero-order valence-electron chi connectivity index (χ0n) is 13.8. The van der Waals surface area contributed by atoms with Crippen molar-refractivity contribution >= 4 is 17.7 Å². The van der Waals surface area contributed by atoms with E-state index in [-0.39, 0.29) is 0 Å². The first-order chi connectivity index (χ1) is 11.5. The normalized spacial score (nSPS) is 19.5. The number of nitrogens with two attached hydrogens (primary N) is 2. The zero-order valence-corrected chi connectivity index (χ0v) is 13.8. The highest BCUT2D eigenvalue weighted by Gasteiger charge is 2.40. The van der Waals surface area contributed by atoms with Crippen LogP contribution in [0.25, 0.3) is 0 Å². The van der Waals surface area contributed by atoms with E-state index in [4.69, 9.17) is 11.5 Å². The molecule has 1 aliphatic rings. The van der Waals surface area contributed by atoms with Crippen LogP contribution in [-0.4, -0.2) is 41.2 Å². The molecule has 0 spiro atoms. The predicted molar refractivity (Wildman–Crippen MR) is 89.5 cm³/mol. The summed E-state index contributed by atoms with van der Waals surface area (Å²) >= 11 is 0. The van der Waals surface area contributed by atoms with Gasteiger partial charge in [-0.2, -0.15) is 0 Å². The lowest BCUT2D eigenvalue weighted by molar-refractivity contribution is -0.153. The molecule has 1 saturated heterocycles. The van der Waals surface area contributed by atoms with Crippen molar-refractivity contribution in [3.8, 4) is 0 Å². The molecule has 1 aromatic rings. The van der Waals surface area contributed by atoms with Gasteiger partial charge in [0, 0.05) is 0 Å². The van der Waals surface area contributed by atoms with Crippen LogP contribution in [0.1, 0.15) is 37.8 Å². The van der Waals surface area contributed by atoms with E-state index >= 15 is 0 Å². The number of carbonyl (C=O) groups is 3. The number of imide groups is 1. The molecule has 1 fully saturated rings. The van der Waals surface area contributed by atoms with E-state index in [2.05, 4.69) is 5.32 Å². The van der Waals surface area contributed by atoms with Gasteiger partial charge < -0.3 is 16.8 Å². The lowest BCUT2D eigenvalue weighted by atomic mass is 10.0. The minimum Gasteiger partial charge on any atom is -0.368 e. The first-order valence-electron chi connectivity index (χ1n) is 8.17. The summed E-state index contributed by atoms with van der Waals surface area (Å²) in [6.45, 7) is 2.45. The van der Waals surface area contributed by atoms with E-state index < -0.39 is 35.8 Å². The molecule has 0 radical (unpaired) electrons. The van der Waals surface area contributed by atoms with Crippen molar-refractivity contribution in [2.45, 2.75) is 44.3 Å². The molecule has 2 unspecified atom stereocenters. The van der Waals surface area contributed by atoms with E-state index in [0.29, 0.717) is 24.9 Å². The second-order valence-corrected chi connectivity index (χ2v) is 5.93. The number of benzene rings is 1. The highest BCUT2D eigenvalue weighted by molar-refractivity contribution is 6.04. The van der Waals surface area contributed by atoms with Crippen molar-refractivity contribution in [2.75, 3.05) is 6.54 Å². The number of primary amides is 1. The summed E-state index contributed by atoms with van der Waals surface area (Å²) in [6.07, 6.45) is 1.82. The molecule has 0 aliphatic carbocycles. The molecule has 2 rings (SSSR count). The molecule has 1 aromatic carbocycles. The van der Waals surface area contributed by atoms with Gasteiger partial charge in [-0.1, -0.05) is 37.3 Å². The van der Waals surface area contributed by atoms with Crippen LogP contribution in [0.15, 0.2) is 30.3 Å². The number of carbonyl (C=O) groups excluding carboxylic acids is 3. The van der Waals surface area contributed by atoms with Crippen molar-refractivity contribution in [3.63, 3.8) is 0 Å². The molecular weight excluding hydrogens is 308 g/mol. The number of nitrogens with one attached hydrogen (secondary N) is 1. The van der Waals surface area contributed by atoms with Crippen molar-refractivity contribution in [1.82, 2.24) is 10.2 Å². The van der Waals surface area contributed by atoms with Crippen molar-refractivity contribution in [2.24, 2.45) is 11.5 Å². The molecule has 0 saturated carbocycles. The first kappa shape index (κ1) is 18.1. The Morgan fingerprint density at radius 1 is 1.29 bits per heavy atom. The minimum absolute atomic E-state index is 0.362. The van der Waals surface area contributed by atoms with Crippen LogP contribution in [0.4, 0.5) is 0 Å². The van der Waals surface area contributed by atoms with Crippen molar-refractivity contribution in [3.05, 3.63) is 35.9 Å². The fourth-order valence-electron chi connectivity index (χ4n) is 2.86. The van der Waals surface area contributed by atoms with Gasteiger partial charge in [0.25, 0.3) is 0 Å². The highest BCUT2D eigenvalue weighted by Crippen LogP contribution is 2.24. The third kappa shape index (κ3) is 3.80. The van der Waals surface area contributed by atoms with Crippen molar-refractivity contribution in [1.29, 1.82) is 0 Å². The Bertz CT molecular complexity index is 599. The van der Waals surface area contributed by atoms with Gasteiger partial charge in [0.1, 0.15) is 6.04 Å². The number of rotatable bonds is 6. The Balaban J connectivity index is 2.43. The van der Waals surface area contributed by atoms with Gasteiger partial charge in [-0.15, -0.1) is 0 Å². The standard InChI is InChI=1S/C17H24N4O3/c1-2-12(18)16(23)21(17(24)13-9-6-10-20-13)14(15(19)22)11-7-4-3-5-8-11/h3-5,7-8,12-14,20H,2,6,9-10,18H2,1H3,(H2,19,22)/t12?,13-,14?/m0/s1. The van der Waals surface area contributed by atoms with Crippen LogP contribution in [0.5, 0.6) is 0 Å². The summed E-state index contributed by atoms with van der Waals surface area (Å²) in [5, 5.41) is 3.06.